The second kappa shape index (κ2) is 9.82. The molecule has 5 nitrogen and oxygen atoms in total. The lowest BCUT2D eigenvalue weighted by Gasteiger charge is -2.12. The van der Waals surface area contributed by atoms with Crippen molar-refractivity contribution in [2.75, 3.05) is 26.7 Å². The number of carbonyl (C=O) groups is 1. The van der Waals surface area contributed by atoms with Crippen LogP contribution >= 0.6 is 0 Å². The molecule has 0 aliphatic rings. The Labute approximate surface area is 133 Å². The topological polar surface area (TPSA) is 62.7 Å². The normalized spacial score (nSPS) is 11.4. The van der Waals surface area contributed by atoms with Crippen LogP contribution in [-0.2, 0) is 11.2 Å². The number of methoxy groups -OCH3 is 1. The largest absolute Gasteiger partial charge is 0.465 e. The first-order chi connectivity index (χ1) is 10.6. The van der Waals surface area contributed by atoms with Gasteiger partial charge in [-0.15, -0.1) is 0 Å². The molecule has 1 aromatic carbocycles. The van der Waals surface area contributed by atoms with Crippen LogP contribution in [0.1, 0.15) is 36.7 Å². The SMILES string of the molecule is CCNC(=NCC(C)C)NCCc1ccc(C(=O)OC)cc1. The molecule has 0 saturated carbocycles. The second-order valence-electron chi connectivity index (χ2n) is 5.48. The van der Waals surface area contributed by atoms with Crippen molar-refractivity contribution < 1.29 is 9.53 Å². The summed E-state index contributed by atoms with van der Waals surface area (Å²) < 4.78 is 4.69. The molecule has 0 aliphatic heterocycles. The lowest BCUT2D eigenvalue weighted by atomic mass is 10.1. The smallest absolute Gasteiger partial charge is 0.337 e. The van der Waals surface area contributed by atoms with Gasteiger partial charge in [-0.05, 0) is 37.0 Å². The molecule has 22 heavy (non-hydrogen) atoms. The van der Waals surface area contributed by atoms with Gasteiger partial charge in [0.1, 0.15) is 0 Å². The maximum atomic E-state index is 11.4. The van der Waals surface area contributed by atoms with E-state index in [-0.39, 0.29) is 5.97 Å². The molecule has 1 aromatic rings. The molecule has 1 rings (SSSR count). The average molecular weight is 305 g/mol. The Morgan fingerprint density at radius 2 is 1.91 bits per heavy atom. The Hall–Kier alpha value is -2.04. The van der Waals surface area contributed by atoms with Crippen LogP contribution in [0.25, 0.3) is 0 Å². The van der Waals surface area contributed by atoms with Crippen molar-refractivity contribution in [2.24, 2.45) is 10.9 Å². The zero-order valence-corrected chi connectivity index (χ0v) is 14.0. The van der Waals surface area contributed by atoms with Crippen molar-refractivity contribution in [1.82, 2.24) is 10.6 Å². The van der Waals surface area contributed by atoms with Gasteiger partial charge < -0.3 is 15.4 Å². The number of esters is 1. The van der Waals surface area contributed by atoms with Gasteiger partial charge in [-0.1, -0.05) is 26.0 Å². The molecule has 0 fully saturated rings. The predicted octanol–water partition coefficient (Wildman–Crippen LogP) is 2.23. The third-order valence-corrected chi connectivity index (χ3v) is 3.04. The van der Waals surface area contributed by atoms with Gasteiger partial charge in [-0.3, -0.25) is 4.99 Å². The molecule has 0 bridgehead atoms. The number of benzene rings is 1. The van der Waals surface area contributed by atoms with Crippen LogP contribution in [-0.4, -0.2) is 38.7 Å². The number of nitrogens with one attached hydrogen (secondary N) is 2. The summed E-state index contributed by atoms with van der Waals surface area (Å²) in [6, 6.07) is 7.48. The first-order valence-electron chi connectivity index (χ1n) is 7.76. The summed E-state index contributed by atoms with van der Waals surface area (Å²) in [5.41, 5.74) is 1.74. The summed E-state index contributed by atoms with van der Waals surface area (Å²) in [5, 5.41) is 6.55. The molecule has 5 heteroatoms. The van der Waals surface area contributed by atoms with Gasteiger partial charge in [0.2, 0.25) is 0 Å². The molecular weight excluding hydrogens is 278 g/mol. The van der Waals surface area contributed by atoms with Crippen LogP contribution < -0.4 is 10.6 Å². The summed E-state index contributed by atoms with van der Waals surface area (Å²) in [6.45, 7) is 8.80. The van der Waals surface area contributed by atoms with Crippen LogP contribution in [0.3, 0.4) is 0 Å². The van der Waals surface area contributed by atoms with E-state index in [0.29, 0.717) is 11.5 Å². The monoisotopic (exact) mass is 305 g/mol. The van der Waals surface area contributed by atoms with E-state index >= 15 is 0 Å². The van der Waals surface area contributed by atoms with Crippen molar-refractivity contribution >= 4 is 11.9 Å². The number of guanidine groups is 1. The summed E-state index contributed by atoms with van der Waals surface area (Å²) in [6.07, 6.45) is 0.869. The van der Waals surface area contributed by atoms with Crippen molar-refractivity contribution in [1.29, 1.82) is 0 Å². The van der Waals surface area contributed by atoms with E-state index in [0.717, 1.165) is 32.0 Å². The number of aliphatic imine (C=N–C) groups is 1. The number of hydrogen-bond acceptors (Lipinski definition) is 3. The first kappa shape index (κ1) is 18.0. The standard InChI is InChI=1S/C17H27N3O2/c1-5-18-17(20-12-13(2)3)19-11-10-14-6-8-15(9-7-14)16(21)22-4/h6-9,13H,5,10-12H2,1-4H3,(H2,18,19,20). The summed E-state index contributed by atoms with van der Waals surface area (Å²) in [5.74, 6) is 1.09. The number of nitrogens with zero attached hydrogens (tertiary/aromatic N) is 1. The number of ether oxygens (including phenoxy) is 1. The second-order valence-corrected chi connectivity index (χ2v) is 5.48. The van der Waals surface area contributed by atoms with Gasteiger partial charge in [-0.2, -0.15) is 0 Å². The third kappa shape index (κ3) is 6.61. The van der Waals surface area contributed by atoms with Gasteiger partial charge >= 0.3 is 5.97 Å². The van der Waals surface area contributed by atoms with Gasteiger partial charge in [0.05, 0.1) is 12.7 Å². The Kier molecular flexibility index (Phi) is 8.04. The van der Waals surface area contributed by atoms with Crippen LogP contribution in [0.15, 0.2) is 29.3 Å². The highest BCUT2D eigenvalue weighted by Crippen LogP contribution is 2.06. The highest BCUT2D eigenvalue weighted by Gasteiger charge is 2.04. The van der Waals surface area contributed by atoms with E-state index in [4.69, 9.17) is 0 Å². The molecule has 0 atom stereocenters. The molecule has 0 aliphatic carbocycles. The van der Waals surface area contributed by atoms with Gasteiger partial charge in [0.15, 0.2) is 5.96 Å². The summed E-state index contributed by atoms with van der Waals surface area (Å²) >= 11 is 0. The minimum Gasteiger partial charge on any atom is -0.465 e. The van der Waals surface area contributed by atoms with Gasteiger partial charge in [0.25, 0.3) is 0 Å². The first-order valence-corrected chi connectivity index (χ1v) is 7.76. The Morgan fingerprint density at radius 1 is 1.23 bits per heavy atom. The van der Waals surface area contributed by atoms with Crippen molar-refractivity contribution in [3.05, 3.63) is 35.4 Å². The van der Waals surface area contributed by atoms with Crippen LogP contribution in [0.5, 0.6) is 0 Å². The van der Waals surface area contributed by atoms with E-state index in [1.165, 1.54) is 12.7 Å². The predicted molar refractivity (Wildman–Crippen MR) is 90.3 cm³/mol. The zero-order chi connectivity index (χ0) is 16.4. The molecular formula is C17H27N3O2. The highest BCUT2D eigenvalue weighted by molar-refractivity contribution is 5.89. The fraction of sp³-hybridized carbons (Fsp3) is 0.529. The molecule has 0 amide bonds. The van der Waals surface area contributed by atoms with Gasteiger partial charge in [0, 0.05) is 19.6 Å². The fourth-order valence-electron chi connectivity index (χ4n) is 1.87. The third-order valence-electron chi connectivity index (χ3n) is 3.04. The van der Waals surface area contributed by atoms with E-state index in [1.807, 2.05) is 12.1 Å². The molecule has 0 heterocycles. The maximum absolute atomic E-state index is 11.4. The summed E-state index contributed by atoms with van der Waals surface area (Å²) in [7, 11) is 1.39. The van der Waals surface area contributed by atoms with Gasteiger partial charge in [-0.25, -0.2) is 4.79 Å². The lowest BCUT2D eigenvalue weighted by molar-refractivity contribution is 0.0600. The van der Waals surface area contributed by atoms with Crippen LogP contribution in [0.4, 0.5) is 0 Å². The molecule has 122 valence electrons. The lowest BCUT2D eigenvalue weighted by Crippen LogP contribution is -2.38. The molecule has 2 N–H and O–H groups in total. The molecule has 0 aromatic heterocycles. The fourth-order valence-corrected chi connectivity index (χ4v) is 1.87. The van der Waals surface area contributed by atoms with Crippen molar-refractivity contribution in [3.63, 3.8) is 0 Å². The minimum atomic E-state index is -0.306. The molecule has 0 unspecified atom stereocenters. The number of hydrogen-bond donors (Lipinski definition) is 2. The Bertz CT molecular complexity index is 481. The van der Waals surface area contributed by atoms with Crippen molar-refractivity contribution in [2.45, 2.75) is 27.2 Å². The summed E-state index contributed by atoms with van der Waals surface area (Å²) in [4.78, 5) is 15.9. The average Bonchev–Trinajstić information content (AvgIpc) is 2.52. The van der Waals surface area contributed by atoms with E-state index in [2.05, 4.69) is 41.1 Å². The van der Waals surface area contributed by atoms with E-state index in [1.54, 1.807) is 12.1 Å². The highest BCUT2D eigenvalue weighted by atomic mass is 16.5. The molecule has 0 spiro atoms. The number of carbonyl (C=O) groups excluding carboxylic acids is 1. The molecule has 0 radical (unpaired) electrons. The van der Waals surface area contributed by atoms with Crippen molar-refractivity contribution in [3.8, 4) is 0 Å². The van der Waals surface area contributed by atoms with E-state index < -0.39 is 0 Å². The minimum absolute atomic E-state index is 0.306. The molecule has 0 saturated heterocycles. The van der Waals surface area contributed by atoms with E-state index in [9.17, 15) is 4.79 Å². The van der Waals surface area contributed by atoms with Crippen LogP contribution in [0, 0.1) is 5.92 Å². The van der Waals surface area contributed by atoms with Crippen LogP contribution in [0.2, 0.25) is 0 Å². The Balaban J connectivity index is 2.47. The maximum Gasteiger partial charge on any atom is 0.337 e. The quantitative estimate of drug-likeness (QED) is 0.461. The number of rotatable bonds is 7. The zero-order valence-electron chi connectivity index (χ0n) is 14.0. The Morgan fingerprint density at radius 3 is 2.45 bits per heavy atom.